The zero-order valence-corrected chi connectivity index (χ0v) is 22.9. The summed E-state index contributed by atoms with van der Waals surface area (Å²) in [6.45, 7) is 6.73. The number of aryl methyl sites for hydroxylation is 3. The molecule has 0 saturated heterocycles. The number of amides is 1. The van der Waals surface area contributed by atoms with Crippen LogP contribution < -0.4 is 16.2 Å². The first-order chi connectivity index (χ1) is 18.3. The second-order valence-corrected chi connectivity index (χ2v) is 10.9. The number of benzene rings is 1. The first kappa shape index (κ1) is 24.5. The third-order valence-corrected chi connectivity index (χ3v) is 7.74. The van der Waals surface area contributed by atoms with E-state index in [-0.39, 0.29) is 5.91 Å². The summed E-state index contributed by atoms with van der Waals surface area (Å²) in [4.78, 5) is 18.3. The highest BCUT2D eigenvalue weighted by molar-refractivity contribution is 7.80. The number of pyridine rings is 1. The van der Waals surface area contributed by atoms with Gasteiger partial charge in [-0.15, -0.1) is 0 Å². The first-order valence-electron chi connectivity index (χ1n) is 13.1. The molecule has 0 radical (unpaired) electrons. The fourth-order valence-corrected chi connectivity index (χ4v) is 5.17. The van der Waals surface area contributed by atoms with Gasteiger partial charge in [-0.2, -0.15) is 10.2 Å². The zero-order valence-electron chi connectivity index (χ0n) is 22.1. The Kier molecular flexibility index (Phi) is 6.14. The summed E-state index contributed by atoms with van der Waals surface area (Å²) in [5.41, 5.74) is 14.1. The minimum atomic E-state index is -0.248. The Morgan fingerprint density at radius 2 is 1.79 bits per heavy atom. The predicted molar refractivity (Wildman–Crippen MR) is 151 cm³/mol. The second-order valence-electron chi connectivity index (χ2n) is 10.5. The third kappa shape index (κ3) is 4.64. The van der Waals surface area contributed by atoms with Crippen LogP contribution in [0.2, 0.25) is 0 Å². The maximum atomic E-state index is 13.4. The number of hydrogen-bond acceptors (Lipinski definition) is 5. The lowest BCUT2D eigenvalue weighted by atomic mass is 10.1. The van der Waals surface area contributed by atoms with Crippen molar-refractivity contribution in [1.29, 1.82) is 0 Å². The summed E-state index contributed by atoms with van der Waals surface area (Å²) < 4.78 is 3.78. The molecule has 0 spiro atoms. The van der Waals surface area contributed by atoms with Gasteiger partial charge in [0.05, 0.1) is 40.3 Å². The number of hydrazine groups is 1. The molecule has 2 saturated carbocycles. The van der Waals surface area contributed by atoms with Crippen molar-refractivity contribution in [3.63, 3.8) is 0 Å². The van der Waals surface area contributed by atoms with E-state index in [9.17, 15) is 4.79 Å². The fraction of sp³-hybridized carbons (Fsp3) is 0.393. The molecule has 3 aromatic heterocycles. The highest BCUT2D eigenvalue weighted by Gasteiger charge is 2.33. The second kappa shape index (κ2) is 9.50. The molecule has 2 fully saturated rings. The van der Waals surface area contributed by atoms with E-state index in [1.54, 1.807) is 0 Å². The molecule has 0 atom stereocenters. The number of carbonyl (C=O) groups is 1. The van der Waals surface area contributed by atoms with E-state index >= 15 is 0 Å². The highest BCUT2D eigenvalue weighted by Crippen LogP contribution is 2.45. The van der Waals surface area contributed by atoms with Gasteiger partial charge in [0.15, 0.2) is 10.8 Å². The van der Waals surface area contributed by atoms with Gasteiger partial charge in [-0.25, -0.2) is 4.98 Å². The minimum absolute atomic E-state index is 0.248. The number of rotatable bonds is 6. The fourth-order valence-electron chi connectivity index (χ4n) is 5.01. The van der Waals surface area contributed by atoms with Crippen LogP contribution in [-0.4, -0.2) is 35.6 Å². The molecule has 1 amide bonds. The van der Waals surface area contributed by atoms with E-state index in [4.69, 9.17) is 27.4 Å². The molecule has 9 nitrogen and oxygen atoms in total. The molecule has 196 valence electrons. The molecule has 4 aromatic rings. The molecule has 38 heavy (non-hydrogen) atoms. The van der Waals surface area contributed by atoms with Gasteiger partial charge in [-0.3, -0.25) is 25.0 Å². The van der Waals surface area contributed by atoms with Crippen LogP contribution in [0.1, 0.15) is 81.8 Å². The van der Waals surface area contributed by atoms with E-state index in [2.05, 4.69) is 35.2 Å². The Labute approximate surface area is 227 Å². The van der Waals surface area contributed by atoms with Gasteiger partial charge in [0, 0.05) is 24.6 Å². The van der Waals surface area contributed by atoms with Crippen LogP contribution in [0.4, 0.5) is 5.69 Å². The van der Waals surface area contributed by atoms with Gasteiger partial charge in [-0.1, -0.05) is 24.3 Å². The number of aromatic nitrogens is 5. The van der Waals surface area contributed by atoms with E-state index in [0.717, 1.165) is 65.2 Å². The van der Waals surface area contributed by atoms with Crippen LogP contribution in [0.5, 0.6) is 0 Å². The van der Waals surface area contributed by atoms with Gasteiger partial charge >= 0.3 is 0 Å². The minimum Gasteiger partial charge on any atom is -0.328 e. The number of nitrogens with one attached hydrogen (secondary N) is 3. The Hall–Kier alpha value is -3.79. The van der Waals surface area contributed by atoms with Crippen molar-refractivity contribution >= 4 is 40.0 Å². The van der Waals surface area contributed by atoms with E-state index in [1.165, 1.54) is 11.1 Å². The Balaban J connectivity index is 1.18. The molecule has 0 bridgehead atoms. The van der Waals surface area contributed by atoms with Crippen molar-refractivity contribution < 1.29 is 4.79 Å². The molecule has 0 aliphatic heterocycles. The van der Waals surface area contributed by atoms with Gasteiger partial charge in [0.25, 0.3) is 5.91 Å². The quantitative estimate of drug-likeness (QED) is 0.250. The molecule has 10 heteroatoms. The van der Waals surface area contributed by atoms with Gasteiger partial charge in [-0.05, 0) is 75.9 Å². The van der Waals surface area contributed by atoms with Crippen molar-refractivity contribution in [3.8, 4) is 0 Å². The van der Waals surface area contributed by atoms with Crippen molar-refractivity contribution in [2.24, 2.45) is 7.05 Å². The Morgan fingerprint density at radius 1 is 1.05 bits per heavy atom. The summed E-state index contributed by atoms with van der Waals surface area (Å²) in [6, 6.07) is 10.2. The molecular weight excluding hydrogens is 496 g/mol. The zero-order chi connectivity index (χ0) is 26.6. The monoisotopic (exact) mass is 528 g/mol. The molecule has 2 aliphatic rings. The summed E-state index contributed by atoms with van der Waals surface area (Å²) in [6.07, 6.45) is 4.41. The number of thiocarbonyl (C=S) groups is 1. The summed E-state index contributed by atoms with van der Waals surface area (Å²) in [5.74, 6) is 0.571. The van der Waals surface area contributed by atoms with Gasteiger partial charge in [0.2, 0.25) is 0 Å². The van der Waals surface area contributed by atoms with Crippen molar-refractivity contribution in [3.05, 3.63) is 69.8 Å². The van der Waals surface area contributed by atoms with Crippen LogP contribution >= 0.6 is 12.2 Å². The van der Waals surface area contributed by atoms with Crippen molar-refractivity contribution in [2.45, 2.75) is 64.8 Å². The normalized spacial score (nSPS) is 15.1. The molecule has 6 rings (SSSR count). The lowest BCUT2D eigenvalue weighted by molar-refractivity contribution is 0.0945. The summed E-state index contributed by atoms with van der Waals surface area (Å²) in [5, 5.41) is 13.8. The Bertz CT molecular complexity index is 1580. The molecule has 3 N–H and O–H groups in total. The lowest BCUT2D eigenvalue weighted by Crippen LogP contribution is -2.44. The number of hydrogen-bond donors (Lipinski definition) is 3. The third-order valence-electron chi connectivity index (χ3n) is 7.54. The largest absolute Gasteiger partial charge is 0.328 e. The van der Waals surface area contributed by atoms with Gasteiger partial charge < -0.3 is 5.32 Å². The van der Waals surface area contributed by atoms with E-state index < -0.39 is 0 Å². The molecule has 1 aromatic carbocycles. The average Bonchev–Trinajstić information content (AvgIpc) is 3.83. The van der Waals surface area contributed by atoms with E-state index in [0.29, 0.717) is 29.1 Å². The maximum absolute atomic E-state index is 13.4. The highest BCUT2D eigenvalue weighted by atomic mass is 32.1. The number of anilines is 1. The number of carbonyl (C=O) groups excluding carboxylic acids is 1. The summed E-state index contributed by atoms with van der Waals surface area (Å²) >= 11 is 5.54. The van der Waals surface area contributed by atoms with Gasteiger partial charge in [0.1, 0.15) is 0 Å². The van der Waals surface area contributed by atoms with Crippen molar-refractivity contribution in [1.82, 2.24) is 35.4 Å². The van der Waals surface area contributed by atoms with Crippen LogP contribution in [-0.2, 0) is 13.6 Å². The smallest absolute Gasteiger partial charge is 0.270 e. The molecular formula is C28H32N8OS. The predicted octanol–water partition coefficient (Wildman–Crippen LogP) is 4.52. The molecule has 3 heterocycles. The standard InChI is InChI=1S/C28H32N8OS/c1-15-7-5-6-8-20(15)14-36-17(3)24(16(2)33-36)30-28(38)32-31-27(37)21-13-22(18-9-10-18)29-26-23(21)25(19-11-12-19)34-35(26)4/h5-8,13,18-19H,9-12,14H2,1-4H3,(H,31,37)(H2,30,32,38). The number of fused-ring (bicyclic) bond motifs is 1. The number of nitrogens with zero attached hydrogens (tertiary/aromatic N) is 5. The lowest BCUT2D eigenvalue weighted by Gasteiger charge is -2.13. The molecule has 0 unspecified atom stereocenters. The first-order valence-corrected chi connectivity index (χ1v) is 13.5. The molecule has 2 aliphatic carbocycles. The van der Waals surface area contributed by atoms with Crippen LogP contribution in [0.3, 0.4) is 0 Å². The maximum Gasteiger partial charge on any atom is 0.270 e. The van der Waals surface area contributed by atoms with Crippen LogP contribution in [0.15, 0.2) is 30.3 Å². The SMILES string of the molecule is Cc1ccccc1Cn1nc(C)c(NC(=S)NNC(=O)c2cc(C3CC3)nc3c2c(C2CC2)nn3C)c1C. The topological polar surface area (TPSA) is 102 Å². The Morgan fingerprint density at radius 3 is 2.50 bits per heavy atom. The van der Waals surface area contributed by atoms with E-state index in [1.807, 2.05) is 48.5 Å². The average molecular weight is 529 g/mol. The van der Waals surface area contributed by atoms with Crippen molar-refractivity contribution in [2.75, 3.05) is 5.32 Å². The van der Waals surface area contributed by atoms with Crippen LogP contribution in [0.25, 0.3) is 11.0 Å². The van der Waals surface area contributed by atoms with Crippen LogP contribution in [0, 0.1) is 20.8 Å². The summed E-state index contributed by atoms with van der Waals surface area (Å²) in [7, 11) is 1.90.